The second-order valence-electron chi connectivity index (χ2n) is 5.41. The average Bonchev–Trinajstić information content (AvgIpc) is 3.06. The molecular weight excluding hydrogens is 430 g/mol. The lowest BCUT2D eigenvalue weighted by molar-refractivity contribution is 0.0975. The Morgan fingerprint density at radius 3 is 2.37 bits per heavy atom. The number of carbonyl (C=O) groups excluding carboxylic acids is 2. The Bertz CT molecular complexity index is 1020. The van der Waals surface area contributed by atoms with Crippen molar-refractivity contribution in [3.63, 3.8) is 0 Å². The van der Waals surface area contributed by atoms with Crippen molar-refractivity contribution in [2.45, 2.75) is 0 Å². The first kappa shape index (κ1) is 18.7. The van der Waals surface area contributed by atoms with Crippen molar-refractivity contribution in [2.24, 2.45) is 5.73 Å². The number of hydrogen-bond donors (Lipinski definition) is 3. The van der Waals surface area contributed by atoms with Crippen LogP contribution >= 0.6 is 28.1 Å². The number of para-hydroxylation sites is 1. The molecule has 136 valence electrons. The summed E-state index contributed by atoms with van der Waals surface area (Å²) in [6.07, 6.45) is 1.34. The lowest BCUT2D eigenvalue weighted by Gasteiger charge is -2.13. The zero-order valence-corrected chi connectivity index (χ0v) is 16.3. The number of primary amides is 1. The van der Waals surface area contributed by atoms with Gasteiger partial charge in [0.25, 0.3) is 11.8 Å². The second kappa shape index (κ2) is 8.11. The summed E-state index contributed by atoms with van der Waals surface area (Å²) in [4.78, 5) is 24.1. The predicted octanol–water partition coefficient (Wildman–Crippen LogP) is 2.86. The first-order chi connectivity index (χ1) is 13.0. The molecule has 9 heteroatoms. The molecule has 4 N–H and O–H groups in total. The number of aromatic nitrogens is 2. The van der Waals surface area contributed by atoms with E-state index in [1.807, 2.05) is 30.3 Å². The Kier molecular flexibility index (Phi) is 5.63. The Balaban J connectivity index is 1.85. The van der Waals surface area contributed by atoms with E-state index in [1.54, 1.807) is 24.3 Å². The first-order valence-corrected chi connectivity index (χ1v) is 8.97. The SMILES string of the molecule is NC(=O)c1cnn(-c2ccccc2)c1NC(=S)NC(=O)c1ccccc1Br. The summed E-state index contributed by atoms with van der Waals surface area (Å²) >= 11 is 8.55. The van der Waals surface area contributed by atoms with Gasteiger partial charge in [-0.05, 0) is 52.4 Å². The van der Waals surface area contributed by atoms with Crippen LogP contribution in [0.15, 0.2) is 65.3 Å². The molecule has 0 atom stereocenters. The number of nitrogens with zero attached hydrogens (tertiary/aromatic N) is 2. The quantitative estimate of drug-likeness (QED) is 0.538. The molecule has 0 saturated heterocycles. The lowest BCUT2D eigenvalue weighted by Crippen LogP contribution is -2.35. The van der Waals surface area contributed by atoms with Crippen molar-refractivity contribution in [1.82, 2.24) is 15.1 Å². The van der Waals surface area contributed by atoms with E-state index in [1.165, 1.54) is 10.9 Å². The topological polar surface area (TPSA) is 102 Å². The van der Waals surface area contributed by atoms with Crippen LogP contribution in [0.1, 0.15) is 20.7 Å². The highest BCUT2D eigenvalue weighted by atomic mass is 79.9. The number of amides is 2. The third-order valence-electron chi connectivity index (χ3n) is 3.61. The molecule has 0 bridgehead atoms. The Morgan fingerprint density at radius 2 is 1.70 bits per heavy atom. The molecule has 0 fully saturated rings. The van der Waals surface area contributed by atoms with Gasteiger partial charge in [0.1, 0.15) is 11.4 Å². The molecule has 0 aliphatic heterocycles. The number of thiocarbonyl (C=S) groups is 1. The van der Waals surface area contributed by atoms with Gasteiger partial charge >= 0.3 is 0 Å². The van der Waals surface area contributed by atoms with Crippen LogP contribution in [0.2, 0.25) is 0 Å². The number of nitrogens with two attached hydrogens (primary N) is 1. The Labute approximate surface area is 168 Å². The van der Waals surface area contributed by atoms with E-state index >= 15 is 0 Å². The number of rotatable bonds is 4. The van der Waals surface area contributed by atoms with Crippen LogP contribution in [0.3, 0.4) is 0 Å². The minimum absolute atomic E-state index is 0.0101. The van der Waals surface area contributed by atoms with E-state index in [9.17, 15) is 9.59 Å². The van der Waals surface area contributed by atoms with E-state index in [4.69, 9.17) is 18.0 Å². The first-order valence-electron chi connectivity index (χ1n) is 7.77. The summed E-state index contributed by atoms with van der Waals surface area (Å²) in [7, 11) is 0. The maximum atomic E-state index is 12.4. The minimum atomic E-state index is -0.667. The zero-order valence-electron chi connectivity index (χ0n) is 13.8. The molecule has 1 heterocycles. The van der Waals surface area contributed by atoms with Crippen LogP contribution in [-0.4, -0.2) is 26.7 Å². The molecule has 0 saturated carbocycles. The van der Waals surface area contributed by atoms with Crippen LogP contribution in [0.25, 0.3) is 5.69 Å². The minimum Gasteiger partial charge on any atom is -0.365 e. The average molecular weight is 444 g/mol. The Morgan fingerprint density at radius 1 is 1.04 bits per heavy atom. The molecule has 2 aromatic carbocycles. The maximum absolute atomic E-state index is 12.4. The number of carbonyl (C=O) groups is 2. The number of anilines is 1. The molecule has 27 heavy (non-hydrogen) atoms. The summed E-state index contributed by atoms with van der Waals surface area (Å²) in [6.45, 7) is 0. The van der Waals surface area contributed by atoms with Crippen molar-refractivity contribution < 1.29 is 9.59 Å². The monoisotopic (exact) mass is 443 g/mol. The third kappa shape index (κ3) is 4.21. The molecule has 0 spiro atoms. The van der Waals surface area contributed by atoms with Gasteiger partial charge < -0.3 is 11.1 Å². The van der Waals surface area contributed by atoms with Gasteiger partial charge in [0.2, 0.25) is 0 Å². The van der Waals surface area contributed by atoms with Crippen molar-refractivity contribution in [3.8, 4) is 5.69 Å². The van der Waals surface area contributed by atoms with Crippen LogP contribution in [0, 0.1) is 0 Å². The fraction of sp³-hybridized carbons (Fsp3) is 0. The summed E-state index contributed by atoms with van der Waals surface area (Å²) in [5.74, 6) is -0.794. The van der Waals surface area contributed by atoms with Crippen molar-refractivity contribution >= 4 is 50.9 Å². The molecule has 0 aliphatic rings. The normalized spacial score (nSPS) is 10.3. The van der Waals surface area contributed by atoms with Crippen LogP contribution < -0.4 is 16.4 Å². The standard InChI is InChI=1S/C18H14BrN5O2S/c19-14-9-5-4-8-12(14)17(26)23-18(27)22-16-13(15(20)25)10-21-24(16)11-6-2-1-3-7-11/h1-10H,(H2,20,25)(H2,22,23,26,27). The van der Waals surface area contributed by atoms with Crippen molar-refractivity contribution in [1.29, 1.82) is 0 Å². The van der Waals surface area contributed by atoms with Gasteiger partial charge in [-0.1, -0.05) is 30.3 Å². The summed E-state index contributed by atoms with van der Waals surface area (Å²) in [5, 5.41) is 9.62. The number of nitrogens with one attached hydrogen (secondary N) is 2. The van der Waals surface area contributed by atoms with Gasteiger partial charge in [0.15, 0.2) is 5.11 Å². The lowest BCUT2D eigenvalue weighted by atomic mass is 10.2. The Hall–Kier alpha value is -3.04. The highest BCUT2D eigenvalue weighted by Gasteiger charge is 2.19. The van der Waals surface area contributed by atoms with E-state index in [-0.39, 0.29) is 16.5 Å². The number of halogens is 1. The second-order valence-corrected chi connectivity index (χ2v) is 6.67. The molecule has 2 amide bonds. The molecule has 3 aromatic rings. The molecule has 0 unspecified atom stereocenters. The van der Waals surface area contributed by atoms with Crippen molar-refractivity contribution in [2.75, 3.05) is 5.32 Å². The molecule has 1 aromatic heterocycles. The highest BCUT2D eigenvalue weighted by molar-refractivity contribution is 9.10. The molecule has 3 rings (SSSR count). The van der Waals surface area contributed by atoms with Gasteiger partial charge in [-0.2, -0.15) is 5.10 Å². The number of benzene rings is 2. The van der Waals surface area contributed by atoms with E-state index in [0.717, 1.165) is 0 Å². The van der Waals surface area contributed by atoms with E-state index in [0.29, 0.717) is 15.7 Å². The van der Waals surface area contributed by atoms with Gasteiger partial charge in [0.05, 0.1) is 17.4 Å². The molecule has 7 nitrogen and oxygen atoms in total. The molecule has 0 aliphatic carbocycles. The predicted molar refractivity (Wildman–Crippen MR) is 110 cm³/mol. The summed E-state index contributed by atoms with van der Waals surface area (Å²) in [5.41, 5.74) is 6.70. The smallest absolute Gasteiger partial charge is 0.258 e. The zero-order chi connectivity index (χ0) is 19.4. The largest absolute Gasteiger partial charge is 0.365 e. The van der Waals surface area contributed by atoms with Gasteiger partial charge in [-0.3, -0.25) is 14.9 Å². The molecular formula is C18H14BrN5O2S. The highest BCUT2D eigenvalue weighted by Crippen LogP contribution is 2.20. The van der Waals surface area contributed by atoms with Crippen molar-refractivity contribution in [3.05, 3.63) is 76.4 Å². The number of hydrogen-bond acceptors (Lipinski definition) is 4. The van der Waals surface area contributed by atoms with Gasteiger partial charge in [-0.25, -0.2) is 4.68 Å². The fourth-order valence-electron chi connectivity index (χ4n) is 2.37. The van der Waals surface area contributed by atoms with Crippen LogP contribution in [0.4, 0.5) is 5.82 Å². The third-order valence-corrected chi connectivity index (χ3v) is 4.51. The fourth-order valence-corrected chi connectivity index (χ4v) is 3.02. The van der Waals surface area contributed by atoms with E-state index in [2.05, 4.69) is 31.7 Å². The van der Waals surface area contributed by atoms with Gasteiger partial charge in [0, 0.05) is 4.47 Å². The van der Waals surface area contributed by atoms with Gasteiger partial charge in [-0.15, -0.1) is 0 Å². The van der Waals surface area contributed by atoms with E-state index < -0.39 is 11.8 Å². The molecule has 0 radical (unpaired) electrons. The summed E-state index contributed by atoms with van der Waals surface area (Å²) < 4.78 is 2.12. The van der Waals surface area contributed by atoms with Crippen LogP contribution in [-0.2, 0) is 0 Å². The van der Waals surface area contributed by atoms with Crippen LogP contribution in [0.5, 0.6) is 0 Å². The maximum Gasteiger partial charge on any atom is 0.258 e. The summed E-state index contributed by atoms with van der Waals surface area (Å²) in [6, 6.07) is 16.1.